The van der Waals surface area contributed by atoms with Gasteiger partial charge in [0.25, 0.3) is 0 Å². The van der Waals surface area contributed by atoms with Crippen LogP contribution in [0.5, 0.6) is 5.88 Å². The summed E-state index contributed by atoms with van der Waals surface area (Å²) in [6.45, 7) is 0.391. The second-order valence-corrected chi connectivity index (χ2v) is 3.51. The molecule has 0 amide bonds. The summed E-state index contributed by atoms with van der Waals surface area (Å²) in [4.78, 5) is 4.07. The number of aromatic nitrogens is 1. The zero-order chi connectivity index (χ0) is 9.80. The fourth-order valence-electron chi connectivity index (χ4n) is 1.01. The lowest BCUT2D eigenvalue weighted by atomic mass is 10.4. The SMILES string of the molecule is Brc1cccnc1OCc1ccco1. The Morgan fingerprint density at radius 3 is 3.00 bits per heavy atom. The molecule has 2 heterocycles. The van der Waals surface area contributed by atoms with Crippen molar-refractivity contribution in [2.45, 2.75) is 6.61 Å². The smallest absolute Gasteiger partial charge is 0.228 e. The molecule has 2 aromatic heterocycles. The molecule has 0 spiro atoms. The van der Waals surface area contributed by atoms with Gasteiger partial charge in [0.2, 0.25) is 5.88 Å². The maximum Gasteiger partial charge on any atom is 0.228 e. The predicted octanol–water partition coefficient (Wildman–Crippen LogP) is 3.02. The Balaban J connectivity index is 2.02. The summed E-state index contributed by atoms with van der Waals surface area (Å²) in [6, 6.07) is 7.40. The molecule has 0 unspecified atom stereocenters. The Kier molecular flexibility index (Phi) is 2.84. The molecule has 2 rings (SSSR count). The van der Waals surface area contributed by atoms with Crippen LogP contribution in [0, 0.1) is 0 Å². The fraction of sp³-hybridized carbons (Fsp3) is 0.100. The van der Waals surface area contributed by atoms with Crippen LogP contribution < -0.4 is 4.74 Å². The number of nitrogens with zero attached hydrogens (tertiary/aromatic N) is 1. The fourth-order valence-corrected chi connectivity index (χ4v) is 1.38. The molecule has 0 aliphatic heterocycles. The van der Waals surface area contributed by atoms with E-state index in [1.54, 1.807) is 12.5 Å². The van der Waals surface area contributed by atoms with Crippen LogP contribution in [0.2, 0.25) is 0 Å². The van der Waals surface area contributed by atoms with Gasteiger partial charge in [-0.25, -0.2) is 4.98 Å². The number of rotatable bonds is 3. The predicted molar refractivity (Wildman–Crippen MR) is 55.0 cm³/mol. The molecule has 0 bridgehead atoms. The van der Waals surface area contributed by atoms with Gasteiger partial charge in [0.05, 0.1) is 10.7 Å². The van der Waals surface area contributed by atoms with Gasteiger partial charge >= 0.3 is 0 Å². The Bertz CT molecular complexity index is 400. The van der Waals surface area contributed by atoms with Gasteiger partial charge in [-0.15, -0.1) is 0 Å². The molecule has 72 valence electrons. The number of pyridine rings is 1. The molecule has 0 saturated heterocycles. The van der Waals surface area contributed by atoms with Crippen LogP contribution in [0.1, 0.15) is 5.76 Å². The largest absolute Gasteiger partial charge is 0.469 e. The molecule has 0 fully saturated rings. The lowest BCUT2D eigenvalue weighted by molar-refractivity contribution is 0.259. The van der Waals surface area contributed by atoms with E-state index in [1.165, 1.54) is 0 Å². The van der Waals surface area contributed by atoms with E-state index >= 15 is 0 Å². The standard InChI is InChI=1S/C10H8BrNO2/c11-9-4-1-5-12-10(9)14-7-8-3-2-6-13-8/h1-6H,7H2. The molecule has 0 saturated carbocycles. The molecule has 0 N–H and O–H groups in total. The van der Waals surface area contributed by atoms with Crippen LogP contribution in [0.4, 0.5) is 0 Å². The van der Waals surface area contributed by atoms with E-state index in [4.69, 9.17) is 9.15 Å². The van der Waals surface area contributed by atoms with Gasteiger partial charge in [-0.1, -0.05) is 0 Å². The Morgan fingerprint density at radius 2 is 2.29 bits per heavy atom. The van der Waals surface area contributed by atoms with Gasteiger partial charge < -0.3 is 9.15 Å². The summed E-state index contributed by atoms with van der Waals surface area (Å²) >= 11 is 3.34. The summed E-state index contributed by atoms with van der Waals surface area (Å²) in [5, 5.41) is 0. The first-order valence-electron chi connectivity index (χ1n) is 4.12. The topological polar surface area (TPSA) is 35.3 Å². The Morgan fingerprint density at radius 1 is 1.36 bits per heavy atom. The van der Waals surface area contributed by atoms with Gasteiger partial charge in [0, 0.05) is 6.20 Å². The second-order valence-electron chi connectivity index (χ2n) is 2.66. The van der Waals surface area contributed by atoms with Crippen molar-refractivity contribution in [3.8, 4) is 5.88 Å². The Hall–Kier alpha value is -1.29. The number of halogens is 1. The van der Waals surface area contributed by atoms with Crippen LogP contribution in [-0.2, 0) is 6.61 Å². The van der Waals surface area contributed by atoms with Crippen LogP contribution in [0.25, 0.3) is 0 Å². The molecular formula is C10H8BrNO2. The van der Waals surface area contributed by atoms with Crippen molar-refractivity contribution in [2.75, 3.05) is 0 Å². The number of hydrogen-bond donors (Lipinski definition) is 0. The molecule has 0 radical (unpaired) electrons. The maximum atomic E-state index is 5.43. The average Bonchev–Trinajstić information content (AvgIpc) is 2.69. The summed E-state index contributed by atoms with van der Waals surface area (Å²) in [7, 11) is 0. The van der Waals surface area contributed by atoms with E-state index in [2.05, 4.69) is 20.9 Å². The molecule has 2 aromatic rings. The van der Waals surface area contributed by atoms with Crippen molar-refractivity contribution in [3.63, 3.8) is 0 Å². The molecule has 0 aromatic carbocycles. The van der Waals surface area contributed by atoms with Gasteiger partial charge in [-0.05, 0) is 40.2 Å². The van der Waals surface area contributed by atoms with Crippen molar-refractivity contribution < 1.29 is 9.15 Å². The molecule has 4 heteroatoms. The minimum Gasteiger partial charge on any atom is -0.469 e. The van der Waals surface area contributed by atoms with E-state index in [0.717, 1.165) is 10.2 Å². The lowest BCUT2D eigenvalue weighted by Gasteiger charge is -2.03. The normalized spacial score (nSPS) is 10.1. The van der Waals surface area contributed by atoms with Crippen molar-refractivity contribution in [2.24, 2.45) is 0 Å². The first kappa shape index (κ1) is 9.27. The third-order valence-electron chi connectivity index (χ3n) is 1.66. The summed E-state index contributed by atoms with van der Waals surface area (Å²) < 4.78 is 11.4. The summed E-state index contributed by atoms with van der Waals surface area (Å²) in [6.07, 6.45) is 3.30. The van der Waals surface area contributed by atoms with Gasteiger partial charge in [-0.2, -0.15) is 0 Å². The maximum absolute atomic E-state index is 5.43. The molecule has 0 aliphatic carbocycles. The molecule has 0 atom stereocenters. The monoisotopic (exact) mass is 253 g/mol. The van der Waals surface area contributed by atoms with E-state index in [0.29, 0.717) is 12.5 Å². The van der Waals surface area contributed by atoms with Gasteiger partial charge in [0.15, 0.2) is 0 Å². The minimum absolute atomic E-state index is 0.391. The van der Waals surface area contributed by atoms with E-state index in [-0.39, 0.29) is 0 Å². The molecular weight excluding hydrogens is 246 g/mol. The Labute approximate surface area is 89.8 Å². The second kappa shape index (κ2) is 4.28. The number of furan rings is 1. The van der Waals surface area contributed by atoms with Crippen LogP contribution in [-0.4, -0.2) is 4.98 Å². The highest BCUT2D eigenvalue weighted by atomic mass is 79.9. The lowest BCUT2D eigenvalue weighted by Crippen LogP contribution is -1.96. The number of hydrogen-bond acceptors (Lipinski definition) is 3. The third-order valence-corrected chi connectivity index (χ3v) is 2.26. The van der Waals surface area contributed by atoms with Crippen molar-refractivity contribution in [1.82, 2.24) is 4.98 Å². The number of ether oxygens (including phenoxy) is 1. The van der Waals surface area contributed by atoms with E-state index in [1.807, 2.05) is 24.3 Å². The van der Waals surface area contributed by atoms with Gasteiger partial charge in [-0.3, -0.25) is 0 Å². The molecule has 3 nitrogen and oxygen atoms in total. The first-order chi connectivity index (χ1) is 6.86. The third kappa shape index (κ3) is 2.14. The zero-order valence-corrected chi connectivity index (χ0v) is 8.90. The minimum atomic E-state index is 0.391. The van der Waals surface area contributed by atoms with Crippen LogP contribution >= 0.6 is 15.9 Å². The highest BCUT2D eigenvalue weighted by Crippen LogP contribution is 2.21. The average molecular weight is 254 g/mol. The van der Waals surface area contributed by atoms with Crippen molar-refractivity contribution >= 4 is 15.9 Å². The van der Waals surface area contributed by atoms with Crippen molar-refractivity contribution in [1.29, 1.82) is 0 Å². The summed E-state index contributed by atoms with van der Waals surface area (Å²) in [5.41, 5.74) is 0. The first-order valence-corrected chi connectivity index (χ1v) is 4.91. The zero-order valence-electron chi connectivity index (χ0n) is 7.31. The summed E-state index contributed by atoms with van der Waals surface area (Å²) in [5.74, 6) is 1.35. The molecule has 14 heavy (non-hydrogen) atoms. The van der Waals surface area contributed by atoms with Crippen LogP contribution in [0.3, 0.4) is 0 Å². The molecule has 0 aliphatic rings. The van der Waals surface area contributed by atoms with Crippen molar-refractivity contribution in [3.05, 3.63) is 47.0 Å². The highest BCUT2D eigenvalue weighted by Gasteiger charge is 2.02. The van der Waals surface area contributed by atoms with E-state index < -0.39 is 0 Å². The quantitative estimate of drug-likeness (QED) is 0.844. The van der Waals surface area contributed by atoms with Crippen LogP contribution in [0.15, 0.2) is 45.6 Å². The van der Waals surface area contributed by atoms with Gasteiger partial charge in [0.1, 0.15) is 12.4 Å². The van der Waals surface area contributed by atoms with E-state index in [9.17, 15) is 0 Å². The highest BCUT2D eigenvalue weighted by molar-refractivity contribution is 9.10.